The molecule has 26 heavy (non-hydrogen) atoms. The minimum absolute atomic E-state index is 0.127. The number of aliphatic carboxylic acids is 1. The number of carbonyl (C=O) groups excluding carboxylic acids is 1. The van der Waals surface area contributed by atoms with Crippen LogP contribution in [0.15, 0.2) is 54.6 Å². The van der Waals surface area contributed by atoms with E-state index in [2.05, 4.69) is 10.6 Å². The zero-order chi connectivity index (χ0) is 18.9. The quantitative estimate of drug-likeness (QED) is 0.535. The summed E-state index contributed by atoms with van der Waals surface area (Å²) in [6.07, 6.45) is 2.51. The number of hydrogen-bond donors (Lipinski definition) is 3. The second kappa shape index (κ2) is 9.33. The molecule has 0 aliphatic heterocycles. The Morgan fingerprint density at radius 1 is 1.19 bits per heavy atom. The average molecular weight is 370 g/mol. The molecule has 0 aromatic heterocycles. The highest BCUT2D eigenvalue weighted by Gasteiger charge is 2.06. The molecule has 1 amide bonds. The summed E-state index contributed by atoms with van der Waals surface area (Å²) in [7, 11) is 0. The van der Waals surface area contributed by atoms with E-state index in [4.69, 9.17) is 22.1 Å². The zero-order valence-electron chi connectivity index (χ0n) is 14.1. The van der Waals surface area contributed by atoms with Crippen LogP contribution >= 0.6 is 12.2 Å². The third-order valence-electron chi connectivity index (χ3n) is 3.18. The van der Waals surface area contributed by atoms with Crippen molar-refractivity contribution >= 4 is 41.0 Å². The first kappa shape index (κ1) is 19.1. The van der Waals surface area contributed by atoms with Crippen LogP contribution in [0.25, 0.3) is 6.08 Å². The summed E-state index contributed by atoms with van der Waals surface area (Å²) >= 11 is 5.10. The predicted octanol–water partition coefficient (Wildman–Crippen LogP) is 2.98. The lowest BCUT2D eigenvalue weighted by Gasteiger charge is -2.11. The molecule has 0 unspecified atom stereocenters. The van der Waals surface area contributed by atoms with E-state index in [0.717, 1.165) is 11.6 Å². The Hall–Kier alpha value is -3.19. The number of rotatable bonds is 6. The Morgan fingerprint density at radius 3 is 2.69 bits per heavy atom. The van der Waals surface area contributed by atoms with Crippen molar-refractivity contribution in [2.75, 3.05) is 11.9 Å². The lowest BCUT2D eigenvalue weighted by atomic mass is 10.2. The normalized spacial score (nSPS) is 10.3. The van der Waals surface area contributed by atoms with Crippen molar-refractivity contribution in [3.8, 4) is 5.75 Å². The molecule has 0 bridgehead atoms. The Morgan fingerprint density at radius 2 is 1.96 bits per heavy atom. The molecule has 2 aromatic carbocycles. The molecule has 2 aromatic rings. The monoisotopic (exact) mass is 370 g/mol. The van der Waals surface area contributed by atoms with E-state index in [0.29, 0.717) is 17.0 Å². The number of nitrogens with one attached hydrogen (secondary N) is 2. The van der Waals surface area contributed by atoms with E-state index in [1.54, 1.807) is 30.3 Å². The molecule has 0 heterocycles. The lowest BCUT2D eigenvalue weighted by Crippen LogP contribution is -2.37. The first-order valence-corrected chi connectivity index (χ1v) is 8.14. The SMILES string of the molecule is Cc1cccc(OCC(=O)NC(=S)Nc2cccc(/C=C/C(=O)O)c2)c1. The molecule has 7 heteroatoms. The number of ether oxygens (including phenoxy) is 1. The third-order valence-corrected chi connectivity index (χ3v) is 3.38. The molecular weight excluding hydrogens is 352 g/mol. The van der Waals surface area contributed by atoms with E-state index < -0.39 is 5.97 Å². The Labute approximate surface area is 156 Å². The largest absolute Gasteiger partial charge is 0.484 e. The number of aryl methyl sites for hydroxylation is 1. The zero-order valence-corrected chi connectivity index (χ0v) is 14.9. The van der Waals surface area contributed by atoms with Gasteiger partial charge in [0.2, 0.25) is 0 Å². The summed E-state index contributed by atoms with van der Waals surface area (Å²) < 4.78 is 5.41. The van der Waals surface area contributed by atoms with E-state index >= 15 is 0 Å². The number of amides is 1. The lowest BCUT2D eigenvalue weighted by molar-refractivity contribution is -0.131. The highest BCUT2D eigenvalue weighted by Crippen LogP contribution is 2.13. The molecule has 0 saturated carbocycles. The first-order chi connectivity index (χ1) is 12.4. The van der Waals surface area contributed by atoms with Crippen LogP contribution in [-0.2, 0) is 9.59 Å². The number of carboxylic acids is 1. The standard InChI is InChI=1S/C19H18N2O4S/c1-13-4-2-7-16(10-13)25-12-17(22)21-19(26)20-15-6-3-5-14(11-15)8-9-18(23)24/h2-11H,12H2,1H3,(H,23,24)(H2,20,21,22,26)/b9-8+. The molecule has 0 radical (unpaired) electrons. The molecule has 0 atom stereocenters. The van der Waals surface area contributed by atoms with Gasteiger partial charge in [-0.1, -0.05) is 24.3 Å². The first-order valence-electron chi connectivity index (χ1n) is 7.74. The average Bonchev–Trinajstić information content (AvgIpc) is 2.58. The van der Waals surface area contributed by atoms with Gasteiger partial charge in [0.15, 0.2) is 11.7 Å². The topological polar surface area (TPSA) is 87.7 Å². The predicted molar refractivity (Wildman–Crippen MR) is 104 cm³/mol. The fourth-order valence-corrected chi connectivity index (χ4v) is 2.30. The fourth-order valence-electron chi connectivity index (χ4n) is 2.07. The number of carbonyl (C=O) groups is 2. The van der Waals surface area contributed by atoms with Crippen molar-refractivity contribution in [3.05, 3.63) is 65.7 Å². The van der Waals surface area contributed by atoms with Crippen molar-refractivity contribution in [2.24, 2.45) is 0 Å². The van der Waals surface area contributed by atoms with Gasteiger partial charge in [0, 0.05) is 11.8 Å². The summed E-state index contributed by atoms with van der Waals surface area (Å²) in [5.41, 5.74) is 2.36. The number of hydrogen-bond acceptors (Lipinski definition) is 4. The van der Waals surface area contributed by atoms with Crippen LogP contribution in [-0.4, -0.2) is 28.7 Å². The van der Waals surface area contributed by atoms with Gasteiger partial charge in [-0.15, -0.1) is 0 Å². The molecule has 6 nitrogen and oxygen atoms in total. The van der Waals surface area contributed by atoms with Gasteiger partial charge in [-0.2, -0.15) is 0 Å². The third kappa shape index (κ3) is 6.74. The van der Waals surface area contributed by atoms with Crippen molar-refractivity contribution in [2.45, 2.75) is 6.92 Å². The minimum atomic E-state index is -1.03. The Bertz CT molecular complexity index is 849. The van der Waals surface area contributed by atoms with Crippen LogP contribution < -0.4 is 15.4 Å². The Balaban J connectivity index is 1.85. The van der Waals surface area contributed by atoms with Crippen molar-refractivity contribution in [1.82, 2.24) is 5.32 Å². The minimum Gasteiger partial charge on any atom is -0.484 e. The maximum absolute atomic E-state index is 11.9. The molecule has 3 N–H and O–H groups in total. The van der Waals surface area contributed by atoms with E-state index in [1.807, 2.05) is 25.1 Å². The molecule has 0 spiro atoms. The van der Waals surface area contributed by atoms with Gasteiger partial charge in [-0.25, -0.2) is 4.79 Å². The molecule has 0 saturated heterocycles. The van der Waals surface area contributed by atoms with Gasteiger partial charge < -0.3 is 15.2 Å². The number of anilines is 1. The molecule has 0 fully saturated rings. The maximum Gasteiger partial charge on any atom is 0.328 e. The van der Waals surface area contributed by atoms with Gasteiger partial charge in [-0.05, 0) is 60.6 Å². The Kier molecular flexibility index (Phi) is 6.87. The van der Waals surface area contributed by atoms with Gasteiger partial charge in [0.1, 0.15) is 5.75 Å². The highest BCUT2D eigenvalue weighted by molar-refractivity contribution is 7.80. The summed E-state index contributed by atoms with van der Waals surface area (Å²) in [6.45, 7) is 1.78. The van der Waals surface area contributed by atoms with E-state index in [1.165, 1.54) is 6.08 Å². The van der Waals surface area contributed by atoms with Gasteiger partial charge in [0.05, 0.1) is 0 Å². The second-order valence-corrected chi connectivity index (χ2v) is 5.81. The van der Waals surface area contributed by atoms with Gasteiger partial charge >= 0.3 is 5.97 Å². The molecule has 0 aliphatic rings. The van der Waals surface area contributed by atoms with Crippen LogP contribution in [0.5, 0.6) is 5.75 Å². The van der Waals surface area contributed by atoms with Gasteiger partial charge in [0.25, 0.3) is 5.91 Å². The van der Waals surface area contributed by atoms with Crippen LogP contribution in [0, 0.1) is 6.92 Å². The molecule has 2 rings (SSSR count). The summed E-state index contributed by atoms with van der Waals surface area (Å²) in [5, 5.41) is 14.2. The summed E-state index contributed by atoms with van der Waals surface area (Å²) in [4.78, 5) is 22.5. The number of benzene rings is 2. The maximum atomic E-state index is 11.9. The van der Waals surface area contributed by atoms with Crippen LogP contribution in [0.3, 0.4) is 0 Å². The van der Waals surface area contributed by atoms with Crippen molar-refractivity contribution in [3.63, 3.8) is 0 Å². The molecule has 0 aliphatic carbocycles. The van der Waals surface area contributed by atoms with Crippen LogP contribution in [0.4, 0.5) is 5.69 Å². The molecular formula is C19H18N2O4S. The summed E-state index contributed by atoms with van der Waals surface area (Å²) in [5.74, 6) is -0.803. The van der Waals surface area contributed by atoms with Crippen molar-refractivity contribution < 1.29 is 19.4 Å². The second-order valence-electron chi connectivity index (χ2n) is 5.40. The number of thiocarbonyl (C=S) groups is 1. The van der Waals surface area contributed by atoms with Crippen LogP contribution in [0.1, 0.15) is 11.1 Å². The smallest absolute Gasteiger partial charge is 0.328 e. The molecule has 134 valence electrons. The van der Waals surface area contributed by atoms with Crippen LogP contribution in [0.2, 0.25) is 0 Å². The highest BCUT2D eigenvalue weighted by atomic mass is 32.1. The van der Waals surface area contributed by atoms with E-state index in [9.17, 15) is 9.59 Å². The number of carboxylic acid groups (broad SMARTS) is 1. The van der Waals surface area contributed by atoms with Gasteiger partial charge in [-0.3, -0.25) is 10.1 Å². The summed E-state index contributed by atoms with van der Waals surface area (Å²) in [6, 6.07) is 14.3. The fraction of sp³-hybridized carbons (Fsp3) is 0.105. The van der Waals surface area contributed by atoms with E-state index in [-0.39, 0.29) is 17.6 Å². The van der Waals surface area contributed by atoms with Crippen molar-refractivity contribution in [1.29, 1.82) is 0 Å².